The van der Waals surface area contributed by atoms with Gasteiger partial charge in [0.05, 0.1) is 0 Å². The van der Waals surface area contributed by atoms with Crippen molar-refractivity contribution >= 4 is 17.3 Å². The Kier molecular flexibility index (Phi) is 33.9. The van der Waals surface area contributed by atoms with Gasteiger partial charge in [0.2, 0.25) is 0 Å². The molecule has 0 bridgehead atoms. The van der Waals surface area contributed by atoms with E-state index in [0.717, 1.165) is 49.9 Å². The van der Waals surface area contributed by atoms with Crippen LogP contribution in [-0.4, -0.2) is 24.7 Å². The minimum absolute atomic E-state index is 0. The van der Waals surface area contributed by atoms with E-state index in [4.69, 9.17) is 0 Å². The number of anilines is 1. The zero-order chi connectivity index (χ0) is 33.0. The third-order valence-corrected chi connectivity index (χ3v) is 7.72. The number of unbranched alkanes of at least 4 members (excludes halogenated alkanes) is 5. The first-order valence-electron chi connectivity index (χ1n) is 17.4. The van der Waals surface area contributed by atoms with Gasteiger partial charge in [0, 0.05) is 18.8 Å². The maximum absolute atomic E-state index is 11.3. The third kappa shape index (κ3) is 23.1. The molecule has 1 aromatic carbocycles. The van der Waals surface area contributed by atoms with Crippen molar-refractivity contribution < 1.29 is 39.1 Å². The number of ketones is 2. The summed E-state index contributed by atoms with van der Waals surface area (Å²) in [5.41, 5.74) is 6.12. The van der Waals surface area contributed by atoms with E-state index in [9.17, 15) is 9.59 Å². The molecule has 1 aliphatic rings. The molecule has 0 N–H and O–H groups in total. The van der Waals surface area contributed by atoms with Crippen molar-refractivity contribution in [2.24, 2.45) is 5.92 Å². The van der Waals surface area contributed by atoms with Crippen LogP contribution >= 0.6 is 0 Å². The van der Waals surface area contributed by atoms with Gasteiger partial charge in [-0.25, -0.2) is 0 Å². The van der Waals surface area contributed by atoms with Crippen molar-refractivity contribution in [3.8, 4) is 0 Å². The number of hydrogen-bond donors (Lipinski definition) is 0. The minimum Gasteiger partial charge on any atom is -0.391 e. The summed E-state index contributed by atoms with van der Waals surface area (Å²) < 4.78 is 0. The summed E-state index contributed by atoms with van der Waals surface area (Å²) in [5, 5.41) is 0. The second kappa shape index (κ2) is 31.7. The molecule has 0 aromatic heterocycles. The Morgan fingerprint density at radius 1 is 0.909 bits per heavy atom. The number of Topliss-reactive ketones (excluding diaryl/α,β-unsaturated/α-hetero) is 2. The van der Waals surface area contributed by atoms with E-state index in [2.05, 4.69) is 83.7 Å². The van der Waals surface area contributed by atoms with Crippen LogP contribution in [0.4, 0.5) is 5.69 Å². The Balaban J connectivity index is -0.000000530. The molecular formula is C40H68NNaO2-2. The van der Waals surface area contributed by atoms with Crippen LogP contribution < -0.4 is 34.5 Å². The first-order valence-corrected chi connectivity index (χ1v) is 17.4. The van der Waals surface area contributed by atoms with Gasteiger partial charge in [0.1, 0.15) is 0 Å². The molecule has 0 fully saturated rings. The van der Waals surface area contributed by atoms with Gasteiger partial charge < -0.3 is 38.6 Å². The first kappa shape index (κ1) is 47.1. The summed E-state index contributed by atoms with van der Waals surface area (Å²) in [6.07, 6.45) is 23.4. The number of nitrogens with zero attached hydrogens (tertiary/aromatic N) is 1. The largest absolute Gasteiger partial charge is 1.00 e. The van der Waals surface area contributed by atoms with Gasteiger partial charge in [0.15, 0.2) is 0 Å². The second-order valence-corrected chi connectivity index (χ2v) is 11.7. The molecule has 4 heteroatoms. The van der Waals surface area contributed by atoms with Gasteiger partial charge in [-0.2, -0.15) is 0 Å². The molecule has 0 radical (unpaired) electrons. The Hall–Kier alpha value is -1.29. The maximum Gasteiger partial charge on any atom is 1.00 e. The fourth-order valence-electron chi connectivity index (χ4n) is 4.64. The zero-order valence-corrected chi connectivity index (χ0v) is 33.1. The first-order chi connectivity index (χ1) is 20.6. The number of allylic oxidation sites excluding steroid dienone is 4. The summed E-state index contributed by atoms with van der Waals surface area (Å²) in [7, 11) is 0. The van der Waals surface area contributed by atoms with Gasteiger partial charge in [-0.05, 0) is 67.8 Å². The number of carbonyl (C=O) groups is 2. The number of hydrogen-bond acceptors (Lipinski definition) is 3. The standard InChI is InChI=1S/C14H23N.C12H16O.C8H18.C6H11O.Na/c1-5-10-15(11-6-2)14-9-7-8-12(3)13(14)4;1-3-7-12(10(2)13)11-8-5-4-6-9-11;1-3-5-7-8-6-4-2;1-4-5(2)6(3)7;/h7-9H,5-6,10-11H2,1-4H3;3-6,8H2,1-2H3;3-8H2,1-2H3;5H,3-4H2,1-2H3;/q;-2;;-1;+1. The summed E-state index contributed by atoms with van der Waals surface area (Å²) in [5.74, 6) is 0.328. The van der Waals surface area contributed by atoms with Gasteiger partial charge in [-0.15, -0.1) is 19.3 Å². The van der Waals surface area contributed by atoms with Crippen LogP contribution in [0.1, 0.15) is 156 Å². The number of aryl methyl sites for hydroxylation is 1. The molecule has 0 aliphatic heterocycles. The third-order valence-electron chi connectivity index (χ3n) is 7.72. The van der Waals surface area contributed by atoms with Crippen LogP contribution in [0.15, 0.2) is 29.3 Å². The van der Waals surface area contributed by atoms with Crippen LogP contribution in [0.3, 0.4) is 0 Å². The average Bonchev–Trinajstić information content (AvgIpc) is 3.00. The number of rotatable bonds is 15. The Bertz CT molecular complexity index is 906. The molecule has 2 rings (SSSR count). The summed E-state index contributed by atoms with van der Waals surface area (Å²) in [6, 6.07) is 6.60. The molecule has 1 unspecified atom stereocenters. The molecule has 0 saturated heterocycles. The molecule has 0 heterocycles. The predicted octanol–water partition coefficient (Wildman–Crippen LogP) is 8.75. The normalized spacial score (nSPS) is 12.9. The van der Waals surface area contributed by atoms with Gasteiger partial charge in [0.25, 0.3) is 0 Å². The average molecular weight is 618 g/mol. The Labute approximate surface area is 297 Å². The molecule has 0 spiro atoms. The van der Waals surface area contributed by atoms with Crippen molar-refractivity contribution in [3.05, 3.63) is 59.5 Å². The number of carbonyl (C=O) groups excluding carboxylic acids is 2. The molecule has 0 saturated carbocycles. The minimum atomic E-state index is 0. The van der Waals surface area contributed by atoms with E-state index < -0.39 is 0 Å². The topological polar surface area (TPSA) is 37.4 Å². The van der Waals surface area contributed by atoms with Crippen LogP contribution in [0.2, 0.25) is 0 Å². The van der Waals surface area contributed by atoms with E-state index in [-0.39, 0.29) is 47.0 Å². The number of benzene rings is 1. The maximum atomic E-state index is 11.3. The van der Waals surface area contributed by atoms with Crippen molar-refractivity contribution in [2.45, 2.75) is 159 Å². The Morgan fingerprint density at radius 2 is 1.48 bits per heavy atom. The van der Waals surface area contributed by atoms with E-state index >= 15 is 0 Å². The van der Waals surface area contributed by atoms with E-state index in [1.165, 1.54) is 81.0 Å². The van der Waals surface area contributed by atoms with Crippen molar-refractivity contribution in [2.75, 3.05) is 18.0 Å². The smallest absolute Gasteiger partial charge is 0.391 e. The van der Waals surface area contributed by atoms with Crippen molar-refractivity contribution in [3.63, 3.8) is 0 Å². The van der Waals surface area contributed by atoms with Crippen LogP contribution in [0.5, 0.6) is 0 Å². The fraction of sp³-hybridized carbons (Fsp3) is 0.675. The van der Waals surface area contributed by atoms with Crippen LogP contribution in [0.25, 0.3) is 0 Å². The summed E-state index contributed by atoms with van der Waals surface area (Å²) in [4.78, 5) is 24.0. The van der Waals surface area contributed by atoms with Gasteiger partial charge in [-0.1, -0.05) is 119 Å². The summed E-state index contributed by atoms with van der Waals surface area (Å²) >= 11 is 0. The quantitative estimate of drug-likeness (QED) is 0.0855. The fourth-order valence-corrected chi connectivity index (χ4v) is 4.64. The van der Waals surface area contributed by atoms with E-state index in [1.54, 1.807) is 6.92 Å². The molecular weight excluding hydrogens is 549 g/mol. The molecule has 248 valence electrons. The summed E-state index contributed by atoms with van der Waals surface area (Å²) in [6.45, 7) is 26.5. The van der Waals surface area contributed by atoms with Gasteiger partial charge >= 0.3 is 29.6 Å². The molecule has 1 atom stereocenters. The SMILES string of the molecule is CCCCCCCC.CCCN(CCC)c1cccc(C)c1C.CC[C-]=C(C(C)=O)C1=[C-]CCCC1.[CH2-]C(=O)C(C)CC.[Na+]. The predicted molar refractivity (Wildman–Crippen MR) is 191 cm³/mol. The zero-order valence-electron chi connectivity index (χ0n) is 31.1. The molecule has 44 heavy (non-hydrogen) atoms. The Morgan fingerprint density at radius 3 is 1.84 bits per heavy atom. The molecule has 0 amide bonds. The van der Waals surface area contributed by atoms with Crippen LogP contribution in [-0.2, 0) is 9.59 Å². The van der Waals surface area contributed by atoms with E-state index in [0.29, 0.717) is 0 Å². The van der Waals surface area contributed by atoms with Crippen molar-refractivity contribution in [1.82, 2.24) is 0 Å². The second-order valence-electron chi connectivity index (χ2n) is 11.7. The van der Waals surface area contributed by atoms with Gasteiger partial charge in [-0.3, -0.25) is 6.08 Å². The van der Waals surface area contributed by atoms with E-state index in [1.807, 2.05) is 20.8 Å². The van der Waals surface area contributed by atoms with Crippen molar-refractivity contribution in [1.29, 1.82) is 0 Å². The van der Waals surface area contributed by atoms with Crippen LogP contribution in [0, 0.1) is 38.8 Å². The molecule has 1 aromatic rings. The monoisotopic (exact) mass is 618 g/mol. The molecule has 3 nitrogen and oxygen atoms in total. The molecule has 1 aliphatic carbocycles.